The van der Waals surface area contributed by atoms with E-state index in [1.807, 2.05) is 12.1 Å². The lowest BCUT2D eigenvalue weighted by Crippen LogP contribution is -2.17. The number of aromatic nitrogens is 2. The largest absolute Gasteiger partial charge is 0.393 e. The third kappa shape index (κ3) is 4.12. The number of hydrogen-bond acceptors (Lipinski definition) is 4. The molecule has 1 aliphatic carbocycles. The maximum atomic E-state index is 14.6. The van der Waals surface area contributed by atoms with Crippen molar-refractivity contribution in [1.29, 1.82) is 0 Å². The highest BCUT2D eigenvalue weighted by atomic mass is 19.3. The first kappa shape index (κ1) is 20.6. The third-order valence-corrected chi connectivity index (χ3v) is 5.96. The van der Waals surface area contributed by atoms with Gasteiger partial charge in [0.15, 0.2) is 0 Å². The van der Waals surface area contributed by atoms with Crippen LogP contribution in [0.3, 0.4) is 0 Å². The quantitative estimate of drug-likeness (QED) is 0.545. The first-order valence-corrected chi connectivity index (χ1v) is 10.2. The fraction of sp³-hybridized carbons (Fsp3) is 0.391. The molecule has 1 aromatic heterocycles. The van der Waals surface area contributed by atoms with Gasteiger partial charge in [0.05, 0.1) is 35.1 Å². The average Bonchev–Trinajstić information content (AvgIpc) is 2.74. The number of nitrogens with one attached hydrogen (secondary N) is 1. The molecule has 30 heavy (non-hydrogen) atoms. The van der Waals surface area contributed by atoms with Gasteiger partial charge in [-0.15, -0.1) is 0 Å². The van der Waals surface area contributed by atoms with Gasteiger partial charge in [-0.3, -0.25) is 0 Å². The molecule has 1 aliphatic rings. The second-order valence-corrected chi connectivity index (χ2v) is 7.96. The Labute approximate surface area is 173 Å². The molecule has 0 unspecified atom stereocenters. The predicted molar refractivity (Wildman–Crippen MR) is 110 cm³/mol. The van der Waals surface area contributed by atoms with Gasteiger partial charge in [-0.25, -0.2) is 13.2 Å². The fourth-order valence-corrected chi connectivity index (χ4v) is 4.24. The first-order valence-electron chi connectivity index (χ1n) is 10.2. The number of rotatable bonds is 5. The lowest BCUT2D eigenvalue weighted by molar-refractivity contribution is 0.122. The number of aliphatic hydroxyl groups is 1. The van der Waals surface area contributed by atoms with Gasteiger partial charge in [-0.2, -0.15) is 10.2 Å². The number of benzene rings is 2. The fourth-order valence-electron chi connectivity index (χ4n) is 4.24. The molecule has 1 heterocycles. The summed E-state index contributed by atoms with van der Waals surface area (Å²) in [6, 6.07) is 9.53. The summed E-state index contributed by atoms with van der Waals surface area (Å²) in [5.41, 5.74) is 2.13. The number of aliphatic hydroxyl groups excluding tert-OH is 1. The molecule has 3 aromatic rings. The summed E-state index contributed by atoms with van der Waals surface area (Å²) in [5, 5.41) is 22.0. The summed E-state index contributed by atoms with van der Waals surface area (Å²) in [7, 11) is 0. The molecule has 0 aliphatic heterocycles. The third-order valence-electron chi connectivity index (χ3n) is 5.96. The van der Waals surface area contributed by atoms with Crippen LogP contribution in [0.5, 0.6) is 0 Å². The van der Waals surface area contributed by atoms with Gasteiger partial charge in [0, 0.05) is 10.9 Å². The van der Waals surface area contributed by atoms with E-state index in [0.717, 1.165) is 37.1 Å². The smallest absolute Gasteiger partial charge is 0.266 e. The van der Waals surface area contributed by atoms with E-state index in [4.69, 9.17) is 0 Å². The minimum absolute atomic E-state index is 0.176. The van der Waals surface area contributed by atoms with E-state index in [1.165, 1.54) is 17.7 Å². The summed E-state index contributed by atoms with van der Waals surface area (Å²) in [4.78, 5) is 0. The molecule has 0 bridgehead atoms. The minimum Gasteiger partial charge on any atom is -0.393 e. The monoisotopic (exact) mass is 415 g/mol. The van der Waals surface area contributed by atoms with Crippen molar-refractivity contribution >= 4 is 16.6 Å². The molecule has 0 spiro atoms. The molecule has 0 saturated heterocycles. The number of nitrogens with zero attached hydrogens (tertiary/aromatic N) is 2. The Morgan fingerprint density at radius 3 is 2.53 bits per heavy atom. The average molecular weight is 415 g/mol. The van der Waals surface area contributed by atoms with Crippen LogP contribution in [0.4, 0.5) is 18.9 Å². The number of alkyl halides is 2. The predicted octanol–water partition coefficient (Wildman–Crippen LogP) is 5.90. The maximum absolute atomic E-state index is 14.6. The van der Waals surface area contributed by atoms with Crippen molar-refractivity contribution in [3.8, 4) is 0 Å². The SMILES string of the molecule is C[C@@H](Nc1cnnc2ccc(C3CCC(O)CC3)cc12)c1cccc(C(F)F)c1F. The van der Waals surface area contributed by atoms with Crippen LogP contribution >= 0.6 is 0 Å². The van der Waals surface area contributed by atoms with Gasteiger partial charge in [-0.1, -0.05) is 24.3 Å². The molecule has 4 rings (SSSR count). The Hall–Kier alpha value is -2.67. The first-order chi connectivity index (χ1) is 14.4. The highest BCUT2D eigenvalue weighted by molar-refractivity contribution is 5.91. The van der Waals surface area contributed by atoms with Crippen LogP contribution in [0.25, 0.3) is 10.9 Å². The summed E-state index contributed by atoms with van der Waals surface area (Å²) in [5.74, 6) is -0.517. The summed E-state index contributed by atoms with van der Waals surface area (Å²) < 4.78 is 40.7. The zero-order valence-electron chi connectivity index (χ0n) is 16.7. The minimum atomic E-state index is -2.86. The van der Waals surface area contributed by atoms with Gasteiger partial charge in [-0.05, 0) is 56.2 Å². The molecule has 2 aromatic carbocycles. The van der Waals surface area contributed by atoms with Crippen molar-refractivity contribution in [3.05, 3.63) is 65.1 Å². The van der Waals surface area contributed by atoms with E-state index in [0.29, 0.717) is 17.1 Å². The summed E-state index contributed by atoms with van der Waals surface area (Å²) in [6.07, 6.45) is 1.92. The standard InChI is InChI=1S/C23H24F3N3O/c1-13(17-3-2-4-18(22(17)24)23(25)26)28-21-12-27-29-20-10-7-15(11-19(20)21)14-5-8-16(30)9-6-14/h2-4,7,10-14,16,23,30H,5-6,8-9H2,1H3,(H,28,29)/t13-,14?,16?/m1/s1. The highest BCUT2D eigenvalue weighted by Gasteiger charge is 2.22. The van der Waals surface area contributed by atoms with Crippen LogP contribution in [-0.4, -0.2) is 21.4 Å². The number of anilines is 1. The molecule has 4 nitrogen and oxygen atoms in total. The van der Waals surface area contributed by atoms with E-state index in [-0.39, 0.29) is 11.7 Å². The molecular weight excluding hydrogens is 391 g/mol. The second-order valence-electron chi connectivity index (χ2n) is 7.96. The van der Waals surface area contributed by atoms with Crippen molar-refractivity contribution in [1.82, 2.24) is 10.2 Å². The van der Waals surface area contributed by atoms with E-state index in [1.54, 1.807) is 13.1 Å². The molecule has 1 saturated carbocycles. The molecular formula is C23H24F3N3O. The molecule has 2 N–H and O–H groups in total. The zero-order valence-corrected chi connectivity index (χ0v) is 16.7. The van der Waals surface area contributed by atoms with Crippen LogP contribution < -0.4 is 5.32 Å². The van der Waals surface area contributed by atoms with Crippen LogP contribution in [-0.2, 0) is 0 Å². The summed E-state index contributed by atoms with van der Waals surface area (Å²) in [6.45, 7) is 1.73. The topological polar surface area (TPSA) is 58.0 Å². The van der Waals surface area contributed by atoms with Crippen molar-refractivity contribution in [2.45, 2.75) is 57.1 Å². The number of halogens is 3. The lowest BCUT2D eigenvalue weighted by atomic mass is 9.82. The van der Waals surface area contributed by atoms with Gasteiger partial charge >= 0.3 is 0 Å². The van der Waals surface area contributed by atoms with Crippen LogP contribution in [0.2, 0.25) is 0 Å². The Kier molecular flexibility index (Phi) is 5.90. The van der Waals surface area contributed by atoms with E-state index in [9.17, 15) is 18.3 Å². The number of fused-ring (bicyclic) bond motifs is 1. The highest BCUT2D eigenvalue weighted by Crippen LogP contribution is 2.36. The van der Waals surface area contributed by atoms with Crippen LogP contribution in [0, 0.1) is 5.82 Å². The molecule has 1 atom stereocenters. The van der Waals surface area contributed by atoms with E-state index >= 15 is 0 Å². The van der Waals surface area contributed by atoms with Crippen LogP contribution in [0.1, 0.15) is 67.7 Å². The molecule has 0 amide bonds. The molecule has 0 radical (unpaired) electrons. The normalized spacial score (nSPS) is 20.5. The Bertz CT molecular complexity index is 1040. The zero-order chi connectivity index (χ0) is 21.3. The Morgan fingerprint density at radius 2 is 1.80 bits per heavy atom. The van der Waals surface area contributed by atoms with Gasteiger partial charge < -0.3 is 10.4 Å². The molecule has 7 heteroatoms. The Morgan fingerprint density at radius 1 is 1.07 bits per heavy atom. The maximum Gasteiger partial charge on any atom is 0.266 e. The van der Waals surface area contributed by atoms with E-state index in [2.05, 4.69) is 21.6 Å². The van der Waals surface area contributed by atoms with Crippen molar-refractivity contribution in [2.24, 2.45) is 0 Å². The summed E-state index contributed by atoms with van der Waals surface area (Å²) >= 11 is 0. The molecule has 1 fully saturated rings. The Balaban J connectivity index is 1.64. The molecule has 158 valence electrons. The van der Waals surface area contributed by atoms with Gasteiger partial charge in [0.2, 0.25) is 0 Å². The van der Waals surface area contributed by atoms with Crippen molar-refractivity contribution in [3.63, 3.8) is 0 Å². The van der Waals surface area contributed by atoms with Gasteiger partial charge in [0.25, 0.3) is 6.43 Å². The van der Waals surface area contributed by atoms with Gasteiger partial charge in [0.1, 0.15) is 5.82 Å². The lowest BCUT2D eigenvalue weighted by Gasteiger charge is -2.26. The van der Waals surface area contributed by atoms with Crippen molar-refractivity contribution < 1.29 is 18.3 Å². The number of hydrogen-bond donors (Lipinski definition) is 2. The second kappa shape index (κ2) is 8.60. The van der Waals surface area contributed by atoms with Crippen molar-refractivity contribution in [2.75, 3.05) is 5.32 Å². The van der Waals surface area contributed by atoms with E-state index < -0.39 is 23.8 Å². The van der Waals surface area contributed by atoms with Crippen LogP contribution in [0.15, 0.2) is 42.6 Å².